The maximum absolute atomic E-state index is 10.0. The van der Waals surface area contributed by atoms with E-state index in [2.05, 4.69) is 9.97 Å². The summed E-state index contributed by atoms with van der Waals surface area (Å²) >= 11 is 0. The molecule has 0 N–H and O–H groups in total. The van der Waals surface area contributed by atoms with Crippen LogP contribution >= 0.6 is 0 Å². The van der Waals surface area contributed by atoms with E-state index in [1.54, 1.807) is 24.3 Å². The summed E-state index contributed by atoms with van der Waals surface area (Å²) in [6.45, 7) is 0. The Morgan fingerprint density at radius 2 is 1.15 bits per heavy atom. The SMILES string of the molecule is O=C([O-])c1ccccn1.O=C([O-])c1ccccn1.[Co+2].[K+]. The third kappa shape index (κ3) is 8.53. The Morgan fingerprint density at radius 3 is 1.30 bits per heavy atom. The number of aromatic nitrogens is 2. The van der Waals surface area contributed by atoms with E-state index in [1.807, 2.05) is 0 Å². The van der Waals surface area contributed by atoms with Gasteiger partial charge in [0.05, 0.1) is 23.3 Å². The Morgan fingerprint density at radius 1 is 0.800 bits per heavy atom. The van der Waals surface area contributed by atoms with Crippen molar-refractivity contribution in [1.29, 1.82) is 0 Å². The minimum absolute atomic E-state index is 0. The van der Waals surface area contributed by atoms with Crippen LogP contribution in [0.2, 0.25) is 0 Å². The van der Waals surface area contributed by atoms with Gasteiger partial charge in [-0.3, -0.25) is 9.97 Å². The molecule has 2 rings (SSSR count). The number of pyridine rings is 2. The summed E-state index contributed by atoms with van der Waals surface area (Å²) in [6, 6.07) is 9.25. The van der Waals surface area contributed by atoms with Crippen LogP contribution in [-0.4, -0.2) is 21.9 Å². The third-order valence-corrected chi connectivity index (χ3v) is 1.75. The van der Waals surface area contributed by atoms with Crippen LogP contribution in [-0.2, 0) is 16.8 Å². The fraction of sp³-hybridized carbons (Fsp3) is 0. The molecule has 6 nitrogen and oxygen atoms in total. The Labute approximate surface area is 168 Å². The number of hydrogen-bond acceptors (Lipinski definition) is 6. The van der Waals surface area contributed by atoms with Crippen LogP contribution in [0.4, 0.5) is 0 Å². The van der Waals surface area contributed by atoms with Gasteiger partial charge in [0.25, 0.3) is 0 Å². The Balaban J connectivity index is 0. The van der Waals surface area contributed by atoms with Gasteiger partial charge in [0.15, 0.2) is 0 Å². The van der Waals surface area contributed by atoms with Crippen LogP contribution in [0.1, 0.15) is 21.0 Å². The summed E-state index contributed by atoms with van der Waals surface area (Å²) < 4.78 is 0. The van der Waals surface area contributed by atoms with Crippen molar-refractivity contribution in [3.05, 3.63) is 60.2 Å². The van der Waals surface area contributed by atoms with Crippen molar-refractivity contribution in [1.82, 2.24) is 9.97 Å². The van der Waals surface area contributed by atoms with E-state index in [4.69, 9.17) is 0 Å². The van der Waals surface area contributed by atoms with Crippen molar-refractivity contribution in [2.45, 2.75) is 0 Å². The van der Waals surface area contributed by atoms with Crippen LogP contribution in [0.25, 0.3) is 0 Å². The van der Waals surface area contributed by atoms with E-state index in [9.17, 15) is 19.8 Å². The second-order valence-corrected chi connectivity index (χ2v) is 3.00. The largest absolute Gasteiger partial charge is 2.00 e. The molecule has 0 bridgehead atoms. The quantitative estimate of drug-likeness (QED) is 0.514. The van der Waals surface area contributed by atoms with E-state index in [-0.39, 0.29) is 79.6 Å². The third-order valence-electron chi connectivity index (χ3n) is 1.75. The Kier molecular flexibility index (Phi) is 13.2. The van der Waals surface area contributed by atoms with E-state index < -0.39 is 11.9 Å². The van der Waals surface area contributed by atoms with Crippen molar-refractivity contribution in [2.75, 3.05) is 0 Å². The molecular weight excluding hydrogens is 334 g/mol. The number of carbonyl (C=O) groups is 2. The molecule has 2 aromatic rings. The van der Waals surface area contributed by atoms with E-state index in [0.29, 0.717) is 0 Å². The van der Waals surface area contributed by atoms with Gasteiger partial charge < -0.3 is 19.8 Å². The smallest absolute Gasteiger partial charge is 0.543 e. The predicted molar refractivity (Wildman–Crippen MR) is 57.1 cm³/mol. The first-order valence-corrected chi connectivity index (χ1v) is 4.86. The molecule has 0 atom stereocenters. The maximum atomic E-state index is 10.0. The molecule has 0 fully saturated rings. The zero-order valence-corrected chi connectivity index (χ0v) is 14.6. The molecule has 0 spiro atoms. The number of carbonyl (C=O) groups excluding carboxylic acids is 2. The first-order valence-electron chi connectivity index (χ1n) is 4.86. The van der Waals surface area contributed by atoms with Crippen LogP contribution < -0.4 is 61.6 Å². The van der Waals surface area contributed by atoms with Crippen LogP contribution in [0.5, 0.6) is 0 Å². The van der Waals surface area contributed by atoms with Crippen molar-refractivity contribution in [2.24, 2.45) is 0 Å². The summed E-state index contributed by atoms with van der Waals surface area (Å²) in [5, 5.41) is 20.1. The summed E-state index contributed by atoms with van der Waals surface area (Å²) in [7, 11) is 0. The zero-order chi connectivity index (χ0) is 13.4. The number of rotatable bonds is 2. The minimum atomic E-state index is -1.24. The molecule has 0 saturated heterocycles. The molecule has 2 aromatic heterocycles. The van der Waals surface area contributed by atoms with Gasteiger partial charge in [-0.15, -0.1) is 0 Å². The molecule has 0 unspecified atom stereocenters. The fourth-order valence-corrected chi connectivity index (χ4v) is 0.967. The van der Waals surface area contributed by atoms with Gasteiger partial charge in [-0.1, -0.05) is 12.1 Å². The van der Waals surface area contributed by atoms with E-state index in [1.165, 1.54) is 24.5 Å². The topological polar surface area (TPSA) is 106 Å². The van der Waals surface area contributed by atoms with Gasteiger partial charge in [0.2, 0.25) is 0 Å². The zero-order valence-electron chi connectivity index (χ0n) is 10.5. The van der Waals surface area contributed by atoms with Gasteiger partial charge in [0.1, 0.15) is 0 Å². The average molecular weight is 342 g/mol. The van der Waals surface area contributed by atoms with Gasteiger partial charge in [-0.05, 0) is 24.3 Å². The molecule has 1 radical (unpaired) electrons. The van der Waals surface area contributed by atoms with Crippen molar-refractivity contribution in [3.63, 3.8) is 0 Å². The molecule has 8 heteroatoms. The Bertz CT molecular complexity index is 476. The molecular formula is C12H8CoKN2O4+. The van der Waals surface area contributed by atoms with Crippen LogP contribution in [0, 0.1) is 0 Å². The molecule has 99 valence electrons. The molecule has 0 amide bonds. The summed E-state index contributed by atoms with van der Waals surface area (Å²) in [5.74, 6) is -2.48. The van der Waals surface area contributed by atoms with Gasteiger partial charge in [-0.25, -0.2) is 0 Å². The van der Waals surface area contributed by atoms with Gasteiger partial charge in [0, 0.05) is 12.4 Å². The minimum Gasteiger partial charge on any atom is -0.543 e. The van der Waals surface area contributed by atoms with Crippen molar-refractivity contribution >= 4 is 11.9 Å². The molecule has 0 aliphatic carbocycles. The second-order valence-electron chi connectivity index (χ2n) is 3.00. The molecule has 2 heterocycles. The van der Waals surface area contributed by atoms with Gasteiger partial charge >= 0.3 is 68.2 Å². The van der Waals surface area contributed by atoms with Gasteiger partial charge in [-0.2, -0.15) is 0 Å². The number of carboxylic acids is 2. The maximum Gasteiger partial charge on any atom is 2.00 e. The number of nitrogens with zero attached hydrogens (tertiary/aromatic N) is 2. The first-order chi connectivity index (χ1) is 8.61. The second kappa shape index (κ2) is 12.1. The van der Waals surface area contributed by atoms with Crippen molar-refractivity contribution in [3.8, 4) is 0 Å². The predicted octanol–water partition coefficient (Wildman–Crippen LogP) is -4.11. The normalized spacial score (nSPS) is 8.00. The van der Waals surface area contributed by atoms with E-state index >= 15 is 0 Å². The standard InChI is InChI=1S/2C6H5NO2.Co.K/c2*8-6(9)5-3-1-2-4-7-5;;/h2*1-4H,(H,8,9);;/q;;+2;+1/p-2. The molecule has 0 aliphatic rings. The molecule has 0 saturated carbocycles. The number of aromatic carboxylic acids is 2. The fourth-order valence-electron chi connectivity index (χ4n) is 0.967. The van der Waals surface area contributed by atoms with Crippen LogP contribution in [0.3, 0.4) is 0 Å². The monoisotopic (exact) mass is 342 g/mol. The van der Waals surface area contributed by atoms with Crippen molar-refractivity contribution < 1.29 is 88.0 Å². The number of carboxylic acid groups (broad SMARTS) is 2. The average Bonchev–Trinajstić information content (AvgIpc) is 2.41. The first kappa shape index (κ1) is 21.7. The summed E-state index contributed by atoms with van der Waals surface area (Å²) in [5.41, 5.74) is -0.0602. The molecule has 0 aliphatic heterocycles. The molecule has 20 heavy (non-hydrogen) atoms. The number of hydrogen-bond donors (Lipinski definition) is 0. The molecule has 0 aromatic carbocycles. The van der Waals surface area contributed by atoms with Crippen LogP contribution in [0.15, 0.2) is 48.8 Å². The summed E-state index contributed by atoms with van der Waals surface area (Å²) in [6.07, 6.45) is 2.82. The Hall–Kier alpha value is -0.617. The summed E-state index contributed by atoms with van der Waals surface area (Å²) in [4.78, 5) is 27.1. The van der Waals surface area contributed by atoms with E-state index in [0.717, 1.165) is 0 Å².